The molecule has 1 aromatic carbocycles. The van der Waals surface area contributed by atoms with Gasteiger partial charge in [-0.05, 0) is 18.2 Å². The van der Waals surface area contributed by atoms with Crippen molar-refractivity contribution < 1.29 is 9.59 Å². The zero-order chi connectivity index (χ0) is 19.0. The van der Waals surface area contributed by atoms with Gasteiger partial charge in [0.05, 0.1) is 18.4 Å². The van der Waals surface area contributed by atoms with Gasteiger partial charge in [0, 0.05) is 17.3 Å². The Bertz CT molecular complexity index is 1090. The number of hydrogen-bond donors (Lipinski definition) is 2. The summed E-state index contributed by atoms with van der Waals surface area (Å²) in [5.41, 5.74) is 0.773. The van der Waals surface area contributed by atoms with Crippen molar-refractivity contribution >= 4 is 46.3 Å². The minimum Gasteiger partial charge on any atom is -0.329 e. The fraction of sp³-hybridized carbons (Fsp3) is 0.188. The lowest BCUT2D eigenvalue weighted by atomic mass is 10.3. The number of aromatic amines is 1. The van der Waals surface area contributed by atoms with Crippen LogP contribution in [-0.2, 0) is 4.79 Å². The van der Waals surface area contributed by atoms with Crippen LogP contribution in [-0.4, -0.2) is 55.4 Å². The van der Waals surface area contributed by atoms with Crippen LogP contribution in [0.2, 0.25) is 5.02 Å². The van der Waals surface area contributed by atoms with Crippen LogP contribution in [0.5, 0.6) is 0 Å². The van der Waals surface area contributed by atoms with Gasteiger partial charge in [-0.15, -0.1) is 0 Å². The number of imide groups is 1. The summed E-state index contributed by atoms with van der Waals surface area (Å²) in [6.07, 6.45) is 1.45. The van der Waals surface area contributed by atoms with Crippen LogP contribution < -0.4 is 10.9 Å². The number of amides is 3. The van der Waals surface area contributed by atoms with Crippen LogP contribution in [0.3, 0.4) is 0 Å². The van der Waals surface area contributed by atoms with Crippen molar-refractivity contribution in [2.45, 2.75) is 5.16 Å². The predicted octanol–water partition coefficient (Wildman–Crippen LogP) is 1.41. The van der Waals surface area contributed by atoms with Gasteiger partial charge in [0.25, 0.3) is 5.56 Å². The van der Waals surface area contributed by atoms with Crippen molar-refractivity contribution in [2.24, 2.45) is 0 Å². The second-order valence-electron chi connectivity index (χ2n) is 5.70. The van der Waals surface area contributed by atoms with Crippen molar-refractivity contribution in [2.75, 3.05) is 18.8 Å². The summed E-state index contributed by atoms with van der Waals surface area (Å²) in [5, 5.41) is 7.97. The number of hydrogen-bond acceptors (Lipinski definition) is 6. The number of nitrogens with zero attached hydrogens (tertiary/aromatic N) is 4. The average molecular weight is 405 g/mol. The molecule has 1 fully saturated rings. The van der Waals surface area contributed by atoms with E-state index in [2.05, 4.69) is 20.4 Å². The van der Waals surface area contributed by atoms with E-state index >= 15 is 0 Å². The number of H-pyrrole nitrogens is 1. The van der Waals surface area contributed by atoms with Gasteiger partial charge in [0.15, 0.2) is 10.8 Å². The summed E-state index contributed by atoms with van der Waals surface area (Å²) in [6, 6.07) is 6.66. The lowest BCUT2D eigenvalue weighted by Crippen LogP contribution is -2.32. The number of nitrogens with one attached hydrogen (secondary N) is 2. The van der Waals surface area contributed by atoms with Crippen molar-refractivity contribution in [1.82, 2.24) is 30.0 Å². The summed E-state index contributed by atoms with van der Waals surface area (Å²) >= 11 is 7.27. The minimum absolute atomic E-state index is 0.0172. The smallest absolute Gasteiger partial charge is 0.324 e. The van der Waals surface area contributed by atoms with Crippen LogP contribution >= 0.6 is 23.4 Å². The van der Waals surface area contributed by atoms with Gasteiger partial charge in [0.2, 0.25) is 5.91 Å². The average Bonchev–Trinajstić information content (AvgIpc) is 3.20. The molecule has 3 aromatic rings. The molecule has 2 N–H and O–H groups in total. The normalized spacial score (nSPS) is 14.2. The van der Waals surface area contributed by atoms with E-state index in [9.17, 15) is 14.4 Å². The van der Waals surface area contributed by atoms with Crippen LogP contribution in [0.15, 0.2) is 40.4 Å². The molecule has 0 spiro atoms. The van der Waals surface area contributed by atoms with Crippen molar-refractivity contribution in [1.29, 1.82) is 0 Å². The Hall–Kier alpha value is -2.85. The fourth-order valence-electron chi connectivity index (χ4n) is 2.68. The molecule has 1 aliphatic heterocycles. The topological polar surface area (TPSA) is 113 Å². The second-order valence-corrected chi connectivity index (χ2v) is 7.22. The van der Waals surface area contributed by atoms with Crippen molar-refractivity contribution in [3.05, 3.63) is 45.8 Å². The summed E-state index contributed by atoms with van der Waals surface area (Å²) in [7, 11) is 0. The number of benzene rings is 1. The third kappa shape index (κ3) is 3.40. The zero-order valence-electron chi connectivity index (χ0n) is 13.8. The number of fused-ring (bicyclic) bond motifs is 1. The minimum atomic E-state index is -0.406. The number of rotatable bonds is 5. The first kappa shape index (κ1) is 17.6. The number of halogens is 1. The summed E-state index contributed by atoms with van der Waals surface area (Å²) in [4.78, 5) is 43.7. The summed E-state index contributed by atoms with van der Waals surface area (Å²) in [6.45, 7) is 0.244. The summed E-state index contributed by atoms with van der Waals surface area (Å²) in [5.74, 6) is 0.135. The molecule has 3 amide bonds. The molecule has 27 heavy (non-hydrogen) atoms. The fourth-order valence-corrected chi connectivity index (χ4v) is 3.65. The molecule has 0 radical (unpaired) electrons. The van der Waals surface area contributed by atoms with Crippen molar-refractivity contribution in [3.8, 4) is 5.69 Å². The molecule has 0 aliphatic carbocycles. The van der Waals surface area contributed by atoms with Gasteiger partial charge in [-0.2, -0.15) is 5.10 Å². The van der Waals surface area contributed by atoms with Gasteiger partial charge >= 0.3 is 6.03 Å². The molecular weight excluding hydrogens is 392 g/mol. The third-order valence-corrected chi connectivity index (χ3v) is 5.05. The Morgan fingerprint density at radius 3 is 2.85 bits per heavy atom. The van der Waals surface area contributed by atoms with E-state index in [0.717, 1.165) is 4.90 Å². The Labute approximate surface area is 161 Å². The quantitative estimate of drug-likeness (QED) is 0.377. The van der Waals surface area contributed by atoms with E-state index in [1.807, 2.05) is 6.07 Å². The molecule has 0 atom stereocenters. The Kier molecular flexibility index (Phi) is 4.58. The lowest BCUT2D eigenvalue weighted by molar-refractivity contribution is -0.124. The molecule has 0 unspecified atom stereocenters. The third-order valence-electron chi connectivity index (χ3n) is 3.96. The Balaban J connectivity index is 1.59. The van der Waals surface area contributed by atoms with Gasteiger partial charge in [-0.3, -0.25) is 14.5 Å². The van der Waals surface area contributed by atoms with Crippen LogP contribution in [0.4, 0.5) is 4.79 Å². The molecule has 2 aromatic heterocycles. The lowest BCUT2D eigenvalue weighted by Gasteiger charge is -2.11. The van der Waals surface area contributed by atoms with E-state index in [4.69, 9.17) is 11.6 Å². The Morgan fingerprint density at radius 1 is 1.26 bits per heavy atom. The van der Waals surface area contributed by atoms with Gasteiger partial charge < -0.3 is 10.3 Å². The van der Waals surface area contributed by atoms with Crippen LogP contribution in [0.1, 0.15) is 0 Å². The molecule has 0 saturated carbocycles. The first-order valence-electron chi connectivity index (χ1n) is 7.98. The molecule has 4 rings (SSSR count). The molecular formula is C16H13ClN6O3S. The maximum atomic E-state index is 12.3. The molecule has 1 saturated heterocycles. The molecule has 9 nitrogen and oxygen atoms in total. The monoisotopic (exact) mass is 404 g/mol. The van der Waals surface area contributed by atoms with Gasteiger partial charge in [-0.25, -0.2) is 14.5 Å². The predicted molar refractivity (Wildman–Crippen MR) is 100 cm³/mol. The van der Waals surface area contributed by atoms with Crippen molar-refractivity contribution in [3.63, 3.8) is 0 Å². The number of thioether (sulfide) groups is 1. The number of aromatic nitrogens is 4. The van der Waals surface area contributed by atoms with Crippen LogP contribution in [0.25, 0.3) is 16.7 Å². The molecule has 11 heteroatoms. The number of carbonyl (C=O) groups excluding carboxylic acids is 2. The maximum Gasteiger partial charge on any atom is 0.324 e. The number of carbonyl (C=O) groups is 2. The molecule has 1 aliphatic rings. The second kappa shape index (κ2) is 7.05. The standard InChI is InChI=1S/C16H13ClN6O3S/c17-9-2-1-3-10(6-9)23-13-11(7-19-23)14(25)21-15(20-13)27-5-4-22-12(24)8-18-16(22)26/h1-3,6-7H,4-5,8H2,(H,18,26)(H,20,21,25). The summed E-state index contributed by atoms with van der Waals surface area (Å²) < 4.78 is 1.54. The zero-order valence-corrected chi connectivity index (χ0v) is 15.4. The highest BCUT2D eigenvalue weighted by Crippen LogP contribution is 2.20. The highest BCUT2D eigenvalue weighted by Gasteiger charge is 2.27. The Morgan fingerprint density at radius 2 is 2.11 bits per heavy atom. The maximum absolute atomic E-state index is 12.3. The first-order valence-corrected chi connectivity index (χ1v) is 9.34. The highest BCUT2D eigenvalue weighted by molar-refractivity contribution is 7.99. The van der Waals surface area contributed by atoms with E-state index < -0.39 is 6.03 Å². The van der Waals surface area contributed by atoms with Gasteiger partial charge in [-0.1, -0.05) is 29.4 Å². The first-order chi connectivity index (χ1) is 13.0. The van der Waals surface area contributed by atoms with E-state index in [1.54, 1.807) is 18.2 Å². The highest BCUT2D eigenvalue weighted by atomic mass is 35.5. The molecule has 0 bridgehead atoms. The molecule has 138 valence electrons. The molecule has 3 heterocycles. The van der Waals surface area contributed by atoms with E-state index in [0.29, 0.717) is 32.7 Å². The van der Waals surface area contributed by atoms with E-state index in [1.165, 1.54) is 22.6 Å². The largest absolute Gasteiger partial charge is 0.329 e. The van der Waals surface area contributed by atoms with E-state index in [-0.39, 0.29) is 24.6 Å². The van der Waals surface area contributed by atoms with Crippen LogP contribution in [0, 0.1) is 0 Å². The number of urea groups is 1. The van der Waals surface area contributed by atoms with Gasteiger partial charge in [0.1, 0.15) is 5.39 Å². The SMILES string of the molecule is O=C1CNC(=O)N1CCSc1nc2c(cnn2-c2cccc(Cl)c2)c(=O)[nH]1.